The van der Waals surface area contributed by atoms with Crippen molar-refractivity contribution >= 4 is 25.5 Å². The van der Waals surface area contributed by atoms with Crippen molar-refractivity contribution in [3.8, 4) is 0 Å². The first-order valence-corrected chi connectivity index (χ1v) is 9.30. The van der Waals surface area contributed by atoms with E-state index in [9.17, 15) is 14.3 Å². The molecule has 1 aliphatic heterocycles. The Morgan fingerprint density at radius 2 is 2.32 bits per heavy atom. The third kappa shape index (κ3) is 6.27. The summed E-state index contributed by atoms with van der Waals surface area (Å²) in [7, 11) is -3.97. The molecule has 0 aliphatic carbocycles. The van der Waals surface area contributed by atoms with Crippen LogP contribution in [0, 0.1) is 0 Å². The topological polar surface area (TPSA) is 76.1 Å². The molecule has 0 bridgehead atoms. The summed E-state index contributed by atoms with van der Waals surface area (Å²) in [4.78, 5) is 22.9. The zero-order valence-electron chi connectivity index (χ0n) is 11.4. The fourth-order valence-corrected chi connectivity index (χ4v) is 3.32. The number of phosphoric acid groups is 1. The average Bonchev–Trinajstić information content (AvgIpc) is 2.76. The van der Waals surface area contributed by atoms with Gasteiger partial charge >= 0.3 is 7.82 Å². The van der Waals surface area contributed by atoms with E-state index in [2.05, 4.69) is 4.52 Å². The molecule has 8 heteroatoms. The first kappa shape index (κ1) is 17.0. The molecule has 0 aromatic carbocycles. The number of thioether (sulfide) groups is 1. The molecule has 1 unspecified atom stereocenters. The maximum absolute atomic E-state index is 11.9. The summed E-state index contributed by atoms with van der Waals surface area (Å²) >= 11 is 1.72. The lowest BCUT2D eigenvalue weighted by molar-refractivity contribution is -0.130. The predicted molar refractivity (Wildman–Crippen MR) is 75.1 cm³/mol. The Morgan fingerprint density at radius 3 is 2.95 bits per heavy atom. The predicted octanol–water partition coefficient (Wildman–Crippen LogP) is 1.88. The van der Waals surface area contributed by atoms with Crippen molar-refractivity contribution < 1.29 is 23.3 Å². The van der Waals surface area contributed by atoms with Gasteiger partial charge in [0.05, 0.1) is 12.7 Å². The molecule has 1 fully saturated rings. The van der Waals surface area contributed by atoms with Crippen molar-refractivity contribution in [2.45, 2.75) is 32.3 Å². The van der Waals surface area contributed by atoms with Crippen LogP contribution in [0.15, 0.2) is 0 Å². The number of phosphoric ester groups is 1. The lowest BCUT2D eigenvalue weighted by Crippen LogP contribution is -2.29. The number of amides is 1. The molecule has 1 rings (SSSR count). The van der Waals surface area contributed by atoms with Gasteiger partial charge in [-0.2, -0.15) is 11.8 Å². The van der Waals surface area contributed by atoms with Crippen LogP contribution in [0.5, 0.6) is 0 Å². The van der Waals surface area contributed by atoms with Crippen molar-refractivity contribution in [3.05, 3.63) is 0 Å². The Hall–Kier alpha value is -0.0700. The summed E-state index contributed by atoms with van der Waals surface area (Å²) in [5.41, 5.74) is 0. The van der Waals surface area contributed by atoms with E-state index >= 15 is 0 Å². The van der Waals surface area contributed by atoms with E-state index in [1.54, 1.807) is 23.6 Å². The minimum absolute atomic E-state index is 0.0873. The van der Waals surface area contributed by atoms with Crippen molar-refractivity contribution in [3.63, 3.8) is 0 Å². The van der Waals surface area contributed by atoms with Crippen LogP contribution < -0.4 is 0 Å². The molecule has 0 saturated carbocycles. The average molecular weight is 311 g/mol. The van der Waals surface area contributed by atoms with Crippen LogP contribution in [-0.4, -0.2) is 53.5 Å². The van der Waals surface area contributed by atoms with Crippen molar-refractivity contribution in [1.82, 2.24) is 4.90 Å². The second-order valence-electron chi connectivity index (χ2n) is 4.34. The lowest BCUT2D eigenvalue weighted by Gasteiger charge is -2.18. The van der Waals surface area contributed by atoms with Gasteiger partial charge in [-0.1, -0.05) is 0 Å². The van der Waals surface area contributed by atoms with Crippen molar-refractivity contribution in [1.29, 1.82) is 0 Å². The van der Waals surface area contributed by atoms with E-state index in [0.717, 1.165) is 12.2 Å². The molecule has 19 heavy (non-hydrogen) atoms. The van der Waals surface area contributed by atoms with E-state index in [1.165, 1.54) is 0 Å². The molecule has 2 atom stereocenters. The molecule has 0 radical (unpaired) electrons. The third-order valence-corrected chi connectivity index (χ3v) is 4.66. The molecule has 1 heterocycles. The van der Waals surface area contributed by atoms with Gasteiger partial charge in [0.1, 0.15) is 0 Å². The van der Waals surface area contributed by atoms with E-state index in [0.29, 0.717) is 25.9 Å². The SMILES string of the molecule is CCOP(=O)(O)O[C@@H]1CCN(C(=O)CCCSC)C1. The van der Waals surface area contributed by atoms with Gasteiger partial charge in [0.25, 0.3) is 0 Å². The number of carbonyl (C=O) groups excluding carboxylic acids is 1. The molecule has 1 saturated heterocycles. The largest absolute Gasteiger partial charge is 0.472 e. The van der Waals surface area contributed by atoms with Gasteiger partial charge < -0.3 is 9.79 Å². The minimum atomic E-state index is -3.97. The summed E-state index contributed by atoms with van der Waals surface area (Å²) in [5, 5.41) is 0. The van der Waals surface area contributed by atoms with Gasteiger partial charge in [-0.15, -0.1) is 0 Å². The highest BCUT2D eigenvalue weighted by atomic mass is 32.2. The van der Waals surface area contributed by atoms with Gasteiger partial charge in [0.15, 0.2) is 0 Å². The van der Waals surface area contributed by atoms with E-state index in [1.807, 2.05) is 6.26 Å². The first-order valence-electron chi connectivity index (χ1n) is 6.41. The molecule has 6 nitrogen and oxygen atoms in total. The van der Waals surface area contributed by atoms with E-state index < -0.39 is 13.9 Å². The number of nitrogens with zero attached hydrogens (tertiary/aromatic N) is 1. The molecular weight excluding hydrogens is 289 g/mol. The molecule has 1 amide bonds. The Balaban J connectivity index is 2.33. The fraction of sp³-hybridized carbons (Fsp3) is 0.909. The van der Waals surface area contributed by atoms with Crippen molar-refractivity contribution in [2.24, 2.45) is 0 Å². The number of rotatable bonds is 8. The Kier molecular flexibility index (Phi) is 7.39. The van der Waals surface area contributed by atoms with E-state index in [4.69, 9.17) is 4.52 Å². The van der Waals surface area contributed by atoms with E-state index in [-0.39, 0.29) is 12.5 Å². The summed E-state index contributed by atoms with van der Waals surface area (Å²) < 4.78 is 21.1. The van der Waals surface area contributed by atoms with Gasteiger partial charge in [-0.3, -0.25) is 13.8 Å². The highest BCUT2D eigenvalue weighted by molar-refractivity contribution is 7.98. The number of hydrogen-bond donors (Lipinski definition) is 1. The third-order valence-electron chi connectivity index (χ3n) is 2.81. The van der Waals surface area contributed by atoms with Gasteiger partial charge in [-0.25, -0.2) is 4.57 Å². The van der Waals surface area contributed by atoms with Crippen LogP contribution in [0.3, 0.4) is 0 Å². The summed E-state index contributed by atoms with van der Waals surface area (Å²) in [6.45, 7) is 2.70. The van der Waals surface area contributed by atoms with Crippen LogP contribution in [0.1, 0.15) is 26.2 Å². The zero-order valence-corrected chi connectivity index (χ0v) is 13.1. The van der Waals surface area contributed by atoms with Gasteiger partial charge in [-0.05, 0) is 31.8 Å². The Labute approximate surface area is 118 Å². The summed E-state index contributed by atoms with van der Waals surface area (Å²) in [6, 6.07) is 0. The van der Waals surface area contributed by atoms with Crippen LogP contribution in [0.25, 0.3) is 0 Å². The standard InChI is InChI=1S/C11H22NO5PS/c1-3-16-18(14,15)17-10-6-7-12(9-10)11(13)5-4-8-19-2/h10H,3-9H2,1-2H3,(H,14,15)/t10-/m1/s1. The summed E-state index contributed by atoms with van der Waals surface area (Å²) in [5.74, 6) is 1.06. The Bertz CT molecular complexity index is 341. The second kappa shape index (κ2) is 8.27. The molecular formula is C11H22NO5PS. The second-order valence-corrected chi connectivity index (χ2v) is 6.73. The number of likely N-dealkylation sites (tertiary alicyclic amines) is 1. The highest BCUT2D eigenvalue weighted by Crippen LogP contribution is 2.45. The molecule has 0 aromatic heterocycles. The quantitative estimate of drug-likeness (QED) is 0.545. The number of carbonyl (C=O) groups is 1. The van der Waals surface area contributed by atoms with Crippen molar-refractivity contribution in [2.75, 3.05) is 31.7 Å². The molecule has 0 aromatic rings. The lowest BCUT2D eigenvalue weighted by atomic mass is 10.3. The first-order chi connectivity index (χ1) is 8.98. The number of hydrogen-bond acceptors (Lipinski definition) is 5. The molecule has 1 aliphatic rings. The minimum Gasteiger partial charge on any atom is -0.340 e. The maximum Gasteiger partial charge on any atom is 0.472 e. The Morgan fingerprint density at radius 1 is 1.58 bits per heavy atom. The van der Waals surface area contributed by atoms with Crippen LogP contribution in [0.4, 0.5) is 0 Å². The highest BCUT2D eigenvalue weighted by Gasteiger charge is 2.32. The van der Waals surface area contributed by atoms with Crippen LogP contribution >= 0.6 is 19.6 Å². The van der Waals surface area contributed by atoms with Gasteiger partial charge in [0, 0.05) is 19.5 Å². The zero-order chi connectivity index (χ0) is 14.3. The smallest absolute Gasteiger partial charge is 0.340 e. The van der Waals surface area contributed by atoms with Crippen LogP contribution in [0.2, 0.25) is 0 Å². The van der Waals surface area contributed by atoms with Gasteiger partial charge in [0.2, 0.25) is 5.91 Å². The molecule has 112 valence electrons. The molecule has 0 spiro atoms. The summed E-state index contributed by atoms with van der Waals surface area (Å²) in [6.07, 6.45) is 3.56. The fourth-order valence-electron chi connectivity index (χ4n) is 1.95. The molecule has 1 N–H and O–H groups in total. The maximum atomic E-state index is 11.9. The van der Waals surface area contributed by atoms with Crippen LogP contribution in [-0.2, 0) is 18.4 Å². The monoisotopic (exact) mass is 311 g/mol. The normalized spacial score (nSPS) is 22.5.